The van der Waals surface area contributed by atoms with E-state index in [-0.39, 0.29) is 12.8 Å². The average Bonchev–Trinajstić information content (AvgIpc) is 1.00. The van der Waals surface area contributed by atoms with E-state index < -0.39 is 157 Å². The predicted octanol–water partition coefficient (Wildman–Crippen LogP) is 3.88. The molecule has 1 amide bonds. The summed E-state index contributed by atoms with van der Waals surface area (Å²) in [5.41, 5.74) is 0. The third-order valence-electron chi connectivity index (χ3n) is 17.9. The van der Waals surface area contributed by atoms with Gasteiger partial charge in [-0.2, -0.15) is 0 Å². The van der Waals surface area contributed by atoms with E-state index in [0.29, 0.717) is 12.8 Å². The van der Waals surface area contributed by atoms with Gasteiger partial charge in [-0.3, -0.25) is 13.9 Å². The van der Waals surface area contributed by atoms with E-state index in [0.717, 1.165) is 70.6 Å². The fourth-order valence-corrected chi connectivity index (χ4v) is 13.9. The van der Waals surface area contributed by atoms with E-state index in [9.17, 15) is 95.2 Å². The topological polar surface area (TPSA) is 448 Å². The number of nitrogens with one attached hydrogen (secondary N) is 1. The van der Waals surface area contributed by atoms with Crippen molar-refractivity contribution in [3.8, 4) is 0 Å². The summed E-state index contributed by atoms with van der Waals surface area (Å²) in [5, 5.41) is 151. The largest absolute Gasteiger partial charge is 0.756 e. The minimum absolute atomic E-state index is 0.0842. The van der Waals surface area contributed by atoms with Crippen molar-refractivity contribution in [2.75, 3.05) is 13.2 Å². The summed E-state index contributed by atoms with van der Waals surface area (Å²) in [6, 6.07) is -1.46. The van der Waals surface area contributed by atoms with Crippen LogP contribution >= 0.6 is 15.6 Å². The molecule has 1 saturated heterocycles. The lowest BCUT2D eigenvalue weighted by atomic mass is 9.84. The Hall–Kier alpha value is -0.950. The van der Waals surface area contributed by atoms with Gasteiger partial charge in [0, 0.05) is 0 Å². The molecule has 0 radical (unpaired) electrons. The van der Waals surface area contributed by atoms with E-state index in [1.165, 1.54) is 141 Å². The second-order valence-corrected chi connectivity index (χ2v) is 28.3. The van der Waals surface area contributed by atoms with Gasteiger partial charge < -0.3 is 114 Å². The first-order valence-corrected chi connectivity index (χ1v) is 37.2. The molecule has 1 aliphatic heterocycles. The molecule has 3 aliphatic rings. The Labute approximate surface area is 534 Å². The van der Waals surface area contributed by atoms with Crippen LogP contribution in [0.5, 0.6) is 0 Å². The van der Waals surface area contributed by atoms with Crippen LogP contribution in [0.4, 0.5) is 0 Å². The number of phosphoric acid groups is 2. The molecule has 534 valence electrons. The monoisotopic (exact) mass is 1340 g/mol. The molecule has 90 heavy (non-hydrogen) atoms. The standard InChI is InChI=1S/C62H121NO25P2/c1-3-5-7-9-11-13-15-17-18-19-20-21-22-23-24-25-27-29-31-33-35-37-39-44(65)61(78)63-42(43(64)38-36-34-32-30-28-26-16-14-12-10-8-6-4-2)40-83-89(79,80)88-60-56(76)52(72)51(71)55(75)59(60)86-62-57(77)47(67)46(66)45(85-62)41-84-90(81,82)87-58-53(73)49(69)48(68)50(70)54(58)74/h42-60,62,64-77H,3-41H2,1-2H3,(H,63,78)(H,79,80)(H,81,82)/p-2/t42-,43+,44-,45+,46+,47-,48?,49-,50+,51+,52+,53+,54+,55-,56+,57-,58?,59+,60+,62?/m0/s1. The number of carbonyl (C=O) groups excluding carboxylic acids is 1. The van der Waals surface area contributed by atoms with Crippen LogP contribution in [0.15, 0.2) is 0 Å². The summed E-state index contributed by atoms with van der Waals surface area (Å²) < 4.78 is 57.1. The van der Waals surface area contributed by atoms with Crippen molar-refractivity contribution in [1.82, 2.24) is 5.32 Å². The maximum Gasteiger partial charge on any atom is 0.268 e. The number of rotatable bonds is 52. The van der Waals surface area contributed by atoms with Crippen molar-refractivity contribution in [2.45, 2.75) is 374 Å². The first-order valence-electron chi connectivity index (χ1n) is 34.3. The Morgan fingerprint density at radius 2 is 0.722 bits per heavy atom. The number of carbonyl (C=O) groups is 1. The number of hydrogen-bond donors (Lipinski definition) is 15. The maximum atomic E-state index is 13.7. The summed E-state index contributed by atoms with van der Waals surface area (Å²) in [4.78, 5) is 40.0. The Bertz CT molecular complexity index is 1920. The molecule has 2 aliphatic carbocycles. The molecule has 3 fully saturated rings. The van der Waals surface area contributed by atoms with Crippen LogP contribution in [-0.4, -0.2) is 213 Å². The molecule has 0 aromatic heterocycles. The molecule has 3 rings (SSSR count). The van der Waals surface area contributed by atoms with Crippen LogP contribution in [0.2, 0.25) is 0 Å². The van der Waals surface area contributed by atoms with E-state index in [2.05, 4.69) is 23.7 Å². The molecule has 22 atom stereocenters. The lowest BCUT2D eigenvalue weighted by Gasteiger charge is -2.48. The highest BCUT2D eigenvalue weighted by Gasteiger charge is 2.55. The second-order valence-electron chi connectivity index (χ2n) is 25.6. The zero-order valence-electron chi connectivity index (χ0n) is 53.8. The highest BCUT2D eigenvalue weighted by Crippen LogP contribution is 2.46. The van der Waals surface area contributed by atoms with E-state index in [4.69, 9.17) is 23.0 Å². The van der Waals surface area contributed by atoms with Crippen molar-refractivity contribution >= 4 is 21.6 Å². The molecule has 0 aromatic carbocycles. The maximum absolute atomic E-state index is 13.7. The van der Waals surface area contributed by atoms with Crippen molar-refractivity contribution in [1.29, 1.82) is 0 Å². The summed E-state index contributed by atoms with van der Waals surface area (Å²) in [7, 11) is -11.6. The number of unbranched alkanes of at least 4 members (excludes halogenated alkanes) is 33. The highest BCUT2D eigenvalue weighted by molar-refractivity contribution is 7.46. The van der Waals surface area contributed by atoms with Gasteiger partial charge >= 0.3 is 0 Å². The number of ether oxygens (including phenoxy) is 2. The molecular formula is C62H119NO25P2-2. The molecular weight excluding hydrogens is 1220 g/mol. The van der Waals surface area contributed by atoms with Gasteiger partial charge in [-0.25, -0.2) is 0 Å². The Morgan fingerprint density at radius 1 is 0.411 bits per heavy atom. The normalized spacial score (nSPS) is 31.4. The van der Waals surface area contributed by atoms with Crippen LogP contribution in [-0.2, 0) is 41.5 Å². The summed E-state index contributed by atoms with van der Waals surface area (Å²) >= 11 is 0. The number of hydrogen-bond acceptors (Lipinski definition) is 25. The lowest BCUT2D eigenvalue weighted by molar-refractivity contribution is -0.342. The zero-order valence-corrected chi connectivity index (χ0v) is 55.6. The fourth-order valence-electron chi connectivity index (χ4n) is 12.0. The second kappa shape index (κ2) is 46.3. The first-order chi connectivity index (χ1) is 42.9. The van der Waals surface area contributed by atoms with Crippen LogP contribution in [0, 0.1) is 0 Å². The molecule has 28 heteroatoms. The van der Waals surface area contributed by atoms with Crippen LogP contribution in [0.25, 0.3) is 0 Å². The van der Waals surface area contributed by atoms with E-state index in [1.807, 2.05) is 0 Å². The van der Waals surface area contributed by atoms with Gasteiger partial charge in [-0.05, 0) is 12.8 Å². The summed E-state index contributed by atoms with van der Waals surface area (Å²) in [6.45, 7) is 2.13. The van der Waals surface area contributed by atoms with Crippen molar-refractivity contribution in [3.05, 3.63) is 0 Å². The molecule has 0 bridgehead atoms. The number of amides is 1. The summed E-state index contributed by atoms with van der Waals surface area (Å²) in [5.74, 6) is -0.899. The van der Waals surface area contributed by atoms with E-state index >= 15 is 0 Å². The summed E-state index contributed by atoms with van der Waals surface area (Å²) in [6.07, 6.45) is -1.22. The zero-order chi connectivity index (χ0) is 66.7. The van der Waals surface area contributed by atoms with E-state index in [1.54, 1.807) is 0 Å². The van der Waals surface area contributed by atoms with Gasteiger partial charge in [0.1, 0.15) is 104 Å². The smallest absolute Gasteiger partial charge is 0.268 e. The average molecular weight is 1340 g/mol. The number of phosphoric ester groups is 2. The van der Waals surface area contributed by atoms with Gasteiger partial charge in [0.2, 0.25) is 5.91 Å². The van der Waals surface area contributed by atoms with Crippen molar-refractivity contribution in [3.63, 3.8) is 0 Å². The first kappa shape index (κ1) is 83.3. The van der Waals surface area contributed by atoms with Gasteiger partial charge in [0.25, 0.3) is 15.6 Å². The van der Waals surface area contributed by atoms with Crippen molar-refractivity contribution in [2.24, 2.45) is 0 Å². The van der Waals surface area contributed by atoms with Gasteiger partial charge in [0.05, 0.1) is 25.4 Å². The molecule has 26 nitrogen and oxygen atoms in total. The Kier molecular flexibility index (Phi) is 42.8. The third-order valence-corrected chi connectivity index (χ3v) is 19.9. The highest BCUT2D eigenvalue weighted by atomic mass is 31.2. The van der Waals surface area contributed by atoms with Gasteiger partial charge in [-0.15, -0.1) is 0 Å². The molecule has 1 heterocycles. The molecule has 2 saturated carbocycles. The van der Waals surface area contributed by atoms with Crippen molar-refractivity contribution < 1.29 is 123 Å². The van der Waals surface area contributed by atoms with Crippen LogP contribution in [0.1, 0.15) is 251 Å². The minimum Gasteiger partial charge on any atom is -0.756 e. The molecule has 5 unspecified atom stereocenters. The lowest BCUT2D eigenvalue weighted by Crippen LogP contribution is -2.67. The molecule has 0 spiro atoms. The molecule has 0 aromatic rings. The van der Waals surface area contributed by atoms with Crippen LogP contribution in [0.3, 0.4) is 0 Å². The number of aliphatic hydroxyl groups excluding tert-OH is 14. The Balaban J connectivity index is 1.56. The fraction of sp³-hybridized carbons (Fsp3) is 0.984. The van der Waals surface area contributed by atoms with Gasteiger partial charge in [0.15, 0.2) is 6.29 Å². The SMILES string of the molecule is CCCCCCCCCCCCCCCCCCCCCCCC[C@H](O)C(=O)N[C@@H](COP(=O)([O-])O[C@@H]1[C@H](O)[C@H](O)[C@@H](O)[C@H](O)[C@H]1OC1O[C@H](COP(=O)([O-])OC2[C@H](O)[C@H](O)C(O)[C@H](O)[C@H]2O)[C@@H](O)[C@H](O)[C@@H]1O)[C@H](O)CCCCCCCCCCCCCCC. The predicted molar refractivity (Wildman–Crippen MR) is 329 cm³/mol. The van der Waals surface area contributed by atoms with Crippen LogP contribution < -0.4 is 15.1 Å². The number of aliphatic hydroxyl groups is 14. The third kappa shape index (κ3) is 31.1. The minimum atomic E-state index is -5.84. The Morgan fingerprint density at radius 3 is 1.12 bits per heavy atom. The van der Waals surface area contributed by atoms with Gasteiger partial charge in [-0.1, -0.05) is 239 Å². The quantitative estimate of drug-likeness (QED) is 0.0303. The molecule has 15 N–H and O–H groups in total.